The second-order valence-electron chi connectivity index (χ2n) is 5.59. The molecule has 122 valence electrons. The predicted octanol–water partition coefficient (Wildman–Crippen LogP) is 2.87. The van der Waals surface area contributed by atoms with Crippen molar-refractivity contribution in [3.8, 4) is 10.6 Å². The monoisotopic (exact) mass is 332 g/mol. The molecule has 0 saturated carbocycles. The summed E-state index contributed by atoms with van der Waals surface area (Å²) in [4.78, 5) is 27.3. The minimum absolute atomic E-state index is 0.0335. The van der Waals surface area contributed by atoms with Crippen LogP contribution in [-0.4, -0.2) is 39.5 Å². The average Bonchev–Trinajstić information content (AvgIpc) is 3.25. The Labute approximate surface area is 138 Å². The maximum atomic E-state index is 12.5. The number of rotatable bonds is 4. The molecule has 0 spiro atoms. The van der Waals surface area contributed by atoms with Crippen LogP contribution < -0.4 is 5.32 Å². The normalized spacial score (nSPS) is 18.0. The van der Waals surface area contributed by atoms with Gasteiger partial charge in [0.15, 0.2) is 5.82 Å². The number of aromatic amines is 1. The summed E-state index contributed by atoms with van der Waals surface area (Å²) in [6.07, 6.45) is 3.06. The SMILES string of the molecule is CCC(=O)N1CCCC[C@@H]1C(=O)Nc1cc(-c2cccs2)[nH]n1. The number of nitrogens with zero attached hydrogens (tertiary/aromatic N) is 2. The van der Waals surface area contributed by atoms with Gasteiger partial charge in [0.05, 0.1) is 10.6 Å². The fourth-order valence-corrected chi connectivity index (χ4v) is 3.55. The van der Waals surface area contributed by atoms with Gasteiger partial charge in [0.1, 0.15) is 6.04 Å². The van der Waals surface area contributed by atoms with Crippen molar-refractivity contribution >= 4 is 29.0 Å². The van der Waals surface area contributed by atoms with Crippen LogP contribution in [0.15, 0.2) is 23.6 Å². The topological polar surface area (TPSA) is 78.1 Å². The highest BCUT2D eigenvalue weighted by molar-refractivity contribution is 7.13. The molecule has 6 nitrogen and oxygen atoms in total. The third kappa shape index (κ3) is 3.44. The zero-order valence-corrected chi connectivity index (χ0v) is 13.9. The molecule has 1 aliphatic rings. The van der Waals surface area contributed by atoms with E-state index >= 15 is 0 Å². The summed E-state index contributed by atoms with van der Waals surface area (Å²) >= 11 is 1.61. The lowest BCUT2D eigenvalue weighted by atomic mass is 10.0. The molecule has 1 atom stereocenters. The van der Waals surface area contributed by atoms with Gasteiger partial charge in [0.2, 0.25) is 11.8 Å². The third-order valence-electron chi connectivity index (χ3n) is 4.04. The van der Waals surface area contributed by atoms with Crippen molar-refractivity contribution in [2.45, 2.75) is 38.6 Å². The lowest BCUT2D eigenvalue weighted by Gasteiger charge is -2.34. The summed E-state index contributed by atoms with van der Waals surface area (Å²) < 4.78 is 0. The van der Waals surface area contributed by atoms with Crippen LogP contribution in [0, 0.1) is 0 Å². The largest absolute Gasteiger partial charge is 0.331 e. The molecule has 1 fully saturated rings. The summed E-state index contributed by atoms with van der Waals surface area (Å²) in [6, 6.07) is 5.39. The van der Waals surface area contributed by atoms with Crippen LogP contribution in [0.2, 0.25) is 0 Å². The van der Waals surface area contributed by atoms with Gasteiger partial charge < -0.3 is 10.2 Å². The van der Waals surface area contributed by atoms with E-state index in [-0.39, 0.29) is 11.8 Å². The first-order valence-corrected chi connectivity index (χ1v) is 8.76. The van der Waals surface area contributed by atoms with E-state index in [4.69, 9.17) is 0 Å². The smallest absolute Gasteiger partial charge is 0.248 e. The van der Waals surface area contributed by atoms with Crippen LogP contribution in [0.1, 0.15) is 32.6 Å². The molecular formula is C16H20N4O2S. The van der Waals surface area contributed by atoms with Gasteiger partial charge in [-0.1, -0.05) is 13.0 Å². The summed E-state index contributed by atoms with van der Waals surface area (Å²) in [5.74, 6) is 0.370. The highest BCUT2D eigenvalue weighted by Gasteiger charge is 2.31. The van der Waals surface area contributed by atoms with Crippen LogP contribution >= 0.6 is 11.3 Å². The van der Waals surface area contributed by atoms with Gasteiger partial charge in [-0.2, -0.15) is 5.10 Å². The summed E-state index contributed by atoms with van der Waals surface area (Å²) in [7, 11) is 0. The van der Waals surface area contributed by atoms with E-state index < -0.39 is 6.04 Å². The maximum Gasteiger partial charge on any atom is 0.248 e. The van der Waals surface area contributed by atoms with E-state index in [0.717, 1.165) is 23.4 Å². The van der Waals surface area contributed by atoms with Gasteiger partial charge in [-0.15, -0.1) is 11.3 Å². The van der Waals surface area contributed by atoms with Crippen molar-refractivity contribution in [1.82, 2.24) is 15.1 Å². The number of nitrogens with one attached hydrogen (secondary N) is 2. The number of hydrogen-bond donors (Lipinski definition) is 2. The number of amides is 2. The van der Waals surface area contributed by atoms with Gasteiger partial charge in [-0.3, -0.25) is 14.7 Å². The summed E-state index contributed by atoms with van der Waals surface area (Å²) in [5.41, 5.74) is 0.875. The number of carbonyl (C=O) groups excluding carboxylic acids is 2. The standard InChI is InChI=1S/C16H20N4O2S/c1-2-15(21)20-8-4-3-6-12(20)16(22)17-14-10-11(18-19-14)13-7-5-9-23-13/h5,7,9-10,12H,2-4,6,8H2,1H3,(H2,17,18,19,22)/t12-/m1/s1. The first-order valence-electron chi connectivity index (χ1n) is 7.88. The van der Waals surface area contributed by atoms with Crippen molar-refractivity contribution < 1.29 is 9.59 Å². The Balaban J connectivity index is 1.69. The zero-order chi connectivity index (χ0) is 16.2. The number of aromatic nitrogens is 2. The molecule has 23 heavy (non-hydrogen) atoms. The molecule has 7 heteroatoms. The highest BCUT2D eigenvalue weighted by Crippen LogP contribution is 2.25. The molecule has 2 N–H and O–H groups in total. The Bertz CT molecular complexity index is 680. The fourth-order valence-electron chi connectivity index (χ4n) is 2.86. The second kappa shape index (κ2) is 6.95. The lowest BCUT2D eigenvalue weighted by molar-refractivity contribution is -0.140. The Morgan fingerprint density at radius 1 is 1.48 bits per heavy atom. The van der Waals surface area contributed by atoms with E-state index in [0.29, 0.717) is 25.2 Å². The first-order chi connectivity index (χ1) is 11.2. The van der Waals surface area contributed by atoms with Gasteiger partial charge in [-0.25, -0.2) is 0 Å². The van der Waals surface area contributed by atoms with Crippen molar-refractivity contribution in [2.24, 2.45) is 0 Å². The van der Waals surface area contributed by atoms with E-state index in [1.54, 1.807) is 16.2 Å². The molecule has 0 unspecified atom stereocenters. The fraction of sp³-hybridized carbons (Fsp3) is 0.438. The molecule has 0 aromatic carbocycles. The molecule has 1 saturated heterocycles. The van der Waals surface area contributed by atoms with E-state index in [9.17, 15) is 9.59 Å². The van der Waals surface area contributed by atoms with Crippen molar-refractivity contribution in [3.63, 3.8) is 0 Å². The van der Waals surface area contributed by atoms with Gasteiger partial charge in [0, 0.05) is 19.0 Å². The average molecular weight is 332 g/mol. The Morgan fingerprint density at radius 2 is 2.35 bits per heavy atom. The molecular weight excluding hydrogens is 312 g/mol. The third-order valence-corrected chi connectivity index (χ3v) is 4.95. The maximum absolute atomic E-state index is 12.5. The number of carbonyl (C=O) groups is 2. The van der Waals surface area contributed by atoms with Gasteiger partial charge in [-0.05, 0) is 30.7 Å². The van der Waals surface area contributed by atoms with E-state index in [1.807, 2.05) is 30.5 Å². The Morgan fingerprint density at radius 3 is 3.09 bits per heavy atom. The summed E-state index contributed by atoms with van der Waals surface area (Å²) in [6.45, 7) is 2.48. The van der Waals surface area contributed by atoms with Gasteiger partial charge >= 0.3 is 0 Å². The number of thiophene rings is 1. The number of H-pyrrole nitrogens is 1. The molecule has 0 radical (unpaired) electrons. The van der Waals surface area contributed by atoms with Crippen molar-refractivity contribution in [3.05, 3.63) is 23.6 Å². The molecule has 0 bridgehead atoms. The second-order valence-corrected chi connectivity index (χ2v) is 6.53. The van der Waals surface area contributed by atoms with E-state index in [1.165, 1.54) is 0 Å². The van der Waals surface area contributed by atoms with Crippen molar-refractivity contribution in [1.29, 1.82) is 0 Å². The van der Waals surface area contributed by atoms with Crippen LogP contribution in [0.4, 0.5) is 5.82 Å². The van der Waals surface area contributed by atoms with Crippen LogP contribution in [-0.2, 0) is 9.59 Å². The van der Waals surface area contributed by atoms with E-state index in [2.05, 4.69) is 15.5 Å². The Hall–Kier alpha value is -2.15. The Kier molecular flexibility index (Phi) is 4.76. The minimum atomic E-state index is -0.391. The minimum Gasteiger partial charge on any atom is -0.331 e. The quantitative estimate of drug-likeness (QED) is 0.903. The number of hydrogen-bond acceptors (Lipinski definition) is 4. The highest BCUT2D eigenvalue weighted by atomic mass is 32.1. The lowest BCUT2D eigenvalue weighted by Crippen LogP contribution is -2.49. The van der Waals surface area contributed by atoms with Gasteiger partial charge in [0.25, 0.3) is 0 Å². The molecule has 2 aromatic heterocycles. The van der Waals surface area contributed by atoms with Crippen LogP contribution in [0.3, 0.4) is 0 Å². The number of likely N-dealkylation sites (tertiary alicyclic amines) is 1. The predicted molar refractivity (Wildman–Crippen MR) is 90.2 cm³/mol. The molecule has 3 rings (SSSR count). The molecule has 0 aliphatic carbocycles. The number of anilines is 1. The molecule has 2 amide bonds. The molecule has 2 aromatic rings. The van der Waals surface area contributed by atoms with Crippen LogP contribution in [0.5, 0.6) is 0 Å². The van der Waals surface area contributed by atoms with Crippen molar-refractivity contribution in [2.75, 3.05) is 11.9 Å². The molecule has 3 heterocycles. The summed E-state index contributed by atoms with van der Waals surface area (Å²) in [5, 5.41) is 11.9. The molecule has 1 aliphatic heterocycles. The zero-order valence-electron chi connectivity index (χ0n) is 13.0. The van der Waals surface area contributed by atoms with Crippen LogP contribution in [0.25, 0.3) is 10.6 Å². The first kappa shape index (κ1) is 15.7. The number of piperidine rings is 1.